The Bertz CT molecular complexity index is 1030. The van der Waals surface area contributed by atoms with Crippen LogP contribution in [0, 0.1) is 18.3 Å². The summed E-state index contributed by atoms with van der Waals surface area (Å²) in [5, 5.41) is 11.6. The number of nitrogens with one attached hydrogen (secondary N) is 2. The first-order valence-corrected chi connectivity index (χ1v) is 16.0. The van der Waals surface area contributed by atoms with Gasteiger partial charge in [0, 0.05) is 22.4 Å². The third kappa shape index (κ3) is 15.2. The molecule has 1 aromatic heterocycles. The number of hydrogen-bond donors (Lipinski definition) is 2. The molecule has 1 heterocycles. The van der Waals surface area contributed by atoms with Crippen LogP contribution in [0.25, 0.3) is 0 Å². The van der Waals surface area contributed by atoms with E-state index in [0.717, 1.165) is 71.0 Å². The minimum Gasteiger partial charge on any atom is -0.494 e. The quantitative estimate of drug-likeness (QED) is 0.112. The number of nitrogens with zero attached hydrogens (tertiary/aromatic N) is 1. The standard InChI is InChI=1S/C29H43N3OS.C6H14/c1-8-12-15-25(19-30)23(6)27(31-20-29-24(7)32-21-34-29)18-22(5)26(16-13-9-2)28(33-11-4)17-14-10-3;1-4-5-6(2)3/h9,13,15-19,21,30-31H,8,10-12,14,20H2,1-7H3;6H,4-5H2,1-3H3/b13-9-,22-18+,25-15+,26-16-,27-23+,28-17-,30-19?;. The van der Waals surface area contributed by atoms with Crippen molar-refractivity contribution >= 4 is 17.6 Å². The van der Waals surface area contributed by atoms with Gasteiger partial charge in [-0.2, -0.15) is 0 Å². The lowest BCUT2D eigenvalue weighted by molar-refractivity contribution is 0.237. The van der Waals surface area contributed by atoms with Gasteiger partial charge in [0.15, 0.2) is 0 Å². The number of rotatable bonds is 17. The predicted molar refractivity (Wildman–Crippen MR) is 179 cm³/mol. The first-order valence-electron chi connectivity index (χ1n) is 15.1. The van der Waals surface area contributed by atoms with Crippen LogP contribution in [0.2, 0.25) is 0 Å². The molecule has 0 aliphatic carbocycles. The minimum absolute atomic E-state index is 0.623. The predicted octanol–water partition coefficient (Wildman–Crippen LogP) is 10.8. The monoisotopic (exact) mass is 567 g/mol. The van der Waals surface area contributed by atoms with Crippen LogP contribution < -0.4 is 5.32 Å². The van der Waals surface area contributed by atoms with Crippen LogP contribution in [0.4, 0.5) is 0 Å². The third-order valence-electron chi connectivity index (χ3n) is 6.22. The molecular weight excluding hydrogens is 510 g/mol. The molecule has 0 fully saturated rings. The Kier molecular flexibility index (Phi) is 21.5. The molecule has 5 heteroatoms. The summed E-state index contributed by atoms with van der Waals surface area (Å²) in [5.74, 6) is 1.82. The molecule has 0 aromatic carbocycles. The molecule has 40 heavy (non-hydrogen) atoms. The minimum atomic E-state index is 0.623. The Balaban J connectivity index is 0.00000227. The van der Waals surface area contributed by atoms with Gasteiger partial charge in [-0.25, -0.2) is 4.98 Å². The maximum atomic E-state index is 7.99. The zero-order chi connectivity index (χ0) is 30.3. The summed E-state index contributed by atoms with van der Waals surface area (Å²) in [6.07, 6.45) is 20.9. The van der Waals surface area contributed by atoms with Crippen molar-refractivity contribution in [2.45, 2.75) is 114 Å². The molecule has 0 spiro atoms. The SMILES string of the molecule is CCCC(C)C.C\C=C/C=C(C(=C\CCC)\OCC)/C(C)=C/C(NCc1scnc1C)=C(C)\C(C=N)=C\CCC. The molecule has 1 aromatic rings. The van der Waals surface area contributed by atoms with E-state index in [-0.39, 0.29) is 0 Å². The zero-order valence-corrected chi connectivity index (χ0v) is 27.9. The highest BCUT2D eigenvalue weighted by Gasteiger charge is 2.12. The van der Waals surface area contributed by atoms with Gasteiger partial charge in [-0.1, -0.05) is 84.6 Å². The largest absolute Gasteiger partial charge is 0.494 e. The van der Waals surface area contributed by atoms with E-state index in [1.807, 2.05) is 32.4 Å². The maximum absolute atomic E-state index is 7.99. The number of hydrogen-bond acceptors (Lipinski definition) is 5. The van der Waals surface area contributed by atoms with Gasteiger partial charge in [-0.05, 0) is 82.2 Å². The van der Waals surface area contributed by atoms with E-state index in [0.29, 0.717) is 13.2 Å². The van der Waals surface area contributed by atoms with E-state index >= 15 is 0 Å². The van der Waals surface area contributed by atoms with E-state index in [4.69, 9.17) is 10.1 Å². The fourth-order valence-electron chi connectivity index (χ4n) is 3.89. The lowest BCUT2D eigenvalue weighted by atomic mass is 9.99. The van der Waals surface area contributed by atoms with Crippen molar-refractivity contribution in [1.29, 1.82) is 5.41 Å². The molecule has 0 amide bonds. The number of thiazole rings is 1. The van der Waals surface area contributed by atoms with Crippen LogP contribution in [0.1, 0.15) is 111 Å². The van der Waals surface area contributed by atoms with Gasteiger partial charge in [0.1, 0.15) is 5.76 Å². The van der Waals surface area contributed by atoms with Gasteiger partial charge in [-0.15, -0.1) is 11.3 Å². The zero-order valence-electron chi connectivity index (χ0n) is 27.1. The summed E-state index contributed by atoms with van der Waals surface area (Å²) >= 11 is 1.66. The molecule has 0 bridgehead atoms. The Morgan fingerprint density at radius 2 is 1.75 bits per heavy atom. The summed E-state index contributed by atoms with van der Waals surface area (Å²) < 4.78 is 6.05. The highest BCUT2D eigenvalue weighted by molar-refractivity contribution is 7.09. The molecule has 0 saturated heterocycles. The van der Waals surface area contributed by atoms with Crippen LogP contribution >= 0.6 is 11.3 Å². The lowest BCUT2D eigenvalue weighted by Crippen LogP contribution is -2.15. The summed E-state index contributed by atoms with van der Waals surface area (Å²) in [7, 11) is 0. The summed E-state index contributed by atoms with van der Waals surface area (Å²) in [6.45, 7) is 22.7. The second-order valence-corrected chi connectivity index (χ2v) is 11.2. The van der Waals surface area contributed by atoms with E-state index < -0.39 is 0 Å². The molecule has 2 N–H and O–H groups in total. The van der Waals surface area contributed by atoms with Crippen LogP contribution in [0.3, 0.4) is 0 Å². The normalized spacial score (nSPS) is 13.8. The van der Waals surface area contributed by atoms with Crippen LogP contribution in [-0.2, 0) is 11.3 Å². The molecule has 0 aliphatic rings. The molecule has 0 aliphatic heterocycles. The molecule has 1 rings (SSSR count). The third-order valence-corrected chi connectivity index (χ3v) is 7.16. The van der Waals surface area contributed by atoms with Crippen molar-refractivity contribution in [2.24, 2.45) is 5.92 Å². The van der Waals surface area contributed by atoms with Gasteiger partial charge in [0.05, 0.1) is 24.4 Å². The molecular formula is C35H57N3OS. The number of ether oxygens (including phenoxy) is 1. The first-order chi connectivity index (χ1) is 19.2. The van der Waals surface area contributed by atoms with Gasteiger partial charge in [-0.3, -0.25) is 0 Å². The Morgan fingerprint density at radius 1 is 1.07 bits per heavy atom. The van der Waals surface area contributed by atoms with Crippen LogP contribution in [0.5, 0.6) is 0 Å². The molecule has 4 nitrogen and oxygen atoms in total. The highest BCUT2D eigenvalue weighted by atomic mass is 32.1. The summed E-state index contributed by atoms with van der Waals surface area (Å²) in [6, 6.07) is 0. The molecule has 0 saturated carbocycles. The fraction of sp³-hybridized carbons (Fsp3) is 0.543. The Hall–Kier alpha value is -2.66. The van der Waals surface area contributed by atoms with Crippen LogP contribution in [0.15, 0.2) is 75.7 Å². The average Bonchev–Trinajstić information content (AvgIpc) is 3.34. The molecule has 0 atom stereocenters. The molecule has 0 unspecified atom stereocenters. The topological polar surface area (TPSA) is 58.0 Å². The van der Waals surface area contributed by atoms with Crippen molar-refractivity contribution in [2.75, 3.05) is 6.61 Å². The Morgan fingerprint density at radius 3 is 2.23 bits per heavy atom. The van der Waals surface area contributed by atoms with E-state index in [9.17, 15) is 0 Å². The average molecular weight is 568 g/mol. The smallest absolute Gasteiger partial charge is 0.122 e. The van der Waals surface area contributed by atoms with Crippen molar-refractivity contribution < 1.29 is 4.74 Å². The number of aryl methyl sites for hydroxylation is 1. The number of aromatic nitrogens is 1. The van der Waals surface area contributed by atoms with Crippen LogP contribution in [-0.4, -0.2) is 17.8 Å². The van der Waals surface area contributed by atoms with E-state index in [1.54, 1.807) is 11.3 Å². The number of unbranched alkanes of at least 4 members (excludes halogenated alkanes) is 2. The highest BCUT2D eigenvalue weighted by Crippen LogP contribution is 2.25. The van der Waals surface area contributed by atoms with E-state index in [2.05, 4.69) is 89.1 Å². The van der Waals surface area contributed by atoms with E-state index in [1.165, 1.54) is 23.9 Å². The maximum Gasteiger partial charge on any atom is 0.122 e. The van der Waals surface area contributed by atoms with Crippen molar-refractivity contribution in [3.05, 3.63) is 86.3 Å². The second-order valence-electron chi connectivity index (χ2n) is 10.3. The van der Waals surface area contributed by atoms with Gasteiger partial charge >= 0.3 is 0 Å². The fourth-order valence-corrected chi connectivity index (χ4v) is 4.61. The van der Waals surface area contributed by atoms with Gasteiger partial charge in [0.25, 0.3) is 0 Å². The van der Waals surface area contributed by atoms with Crippen molar-refractivity contribution in [3.63, 3.8) is 0 Å². The molecule has 224 valence electrons. The summed E-state index contributed by atoms with van der Waals surface area (Å²) in [4.78, 5) is 5.60. The van der Waals surface area contributed by atoms with Gasteiger partial charge in [0.2, 0.25) is 0 Å². The lowest BCUT2D eigenvalue weighted by Gasteiger charge is -2.17. The van der Waals surface area contributed by atoms with Gasteiger partial charge < -0.3 is 15.5 Å². The van der Waals surface area contributed by atoms with Crippen molar-refractivity contribution in [1.82, 2.24) is 10.3 Å². The Labute approximate surface area is 250 Å². The molecule has 0 radical (unpaired) electrons. The second kappa shape index (κ2) is 23.1. The summed E-state index contributed by atoms with van der Waals surface area (Å²) in [5.41, 5.74) is 8.14. The van der Waals surface area contributed by atoms with Crippen molar-refractivity contribution in [3.8, 4) is 0 Å². The number of allylic oxidation sites excluding steroid dienone is 9. The first kappa shape index (κ1) is 37.3.